The van der Waals surface area contributed by atoms with Gasteiger partial charge in [-0.25, -0.2) is 0 Å². The molecule has 33 heavy (non-hydrogen) atoms. The van der Waals surface area contributed by atoms with Crippen LogP contribution < -0.4 is 14.8 Å². The fraction of sp³-hybridized carbons (Fsp3) is 0.120. The predicted molar refractivity (Wildman–Crippen MR) is 143 cm³/mol. The Morgan fingerprint density at radius 2 is 2.00 bits per heavy atom. The highest BCUT2D eigenvalue weighted by Gasteiger charge is 2.15. The maximum absolute atomic E-state index is 12.7. The molecule has 0 aliphatic heterocycles. The highest BCUT2D eigenvalue weighted by Crippen LogP contribution is 2.35. The zero-order valence-corrected chi connectivity index (χ0v) is 22.3. The molecule has 0 atom stereocenters. The molecule has 3 aromatic rings. The lowest BCUT2D eigenvalue weighted by Gasteiger charge is -2.14. The Hall–Kier alpha value is -2.54. The number of methoxy groups -OCH3 is 1. The van der Waals surface area contributed by atoms with Crippen LogP contribution in [0, 0.1) is 21.8 Å². The van der Waals surface area contributed by atoms with E-state index in [0.717, 1.165) is 19.2 Å². The molecule has 3 rings (SSSR count). The standard InChI is InChI=1S/C25H19BrClIN2O3/c1-15-20(27)8-5-9-22(15)30-25(31)18(13-29)10-16-11-21(28)24(23(12-16)32-2)33-14-17-6-3-4-7-19(17)26/h3-12H,14H2,1-2H3,(H,30,31)/b18-10+. The number of nitrogens with zero attached hydrogens (tertiary/aromatic N) is 1. The van der Waals surface area contributed by atoms with E-state index in [2.05, 4.69) is 43.8 Å². The van der Waals surface area contributed by atoms with Gasteiger partial charge in [0.05, 0.1) is 10.7 Å². The van der Waals surface area contributed by atoms with Crippen molar-refractivity contribution in [2.24, 2.45) is 0 Å². The molecular weight excluding hydrogens is 619 g/mol. The van der Waals surface area contributed by atoms with Gasteiger partial charge in [0.1, 0.15) is 18.2 Å². The van der Waals surface area contributed by atoms with Gasteiger partial charge in [-0.15, -0.1) is 0 Å². The summed E-state index contributed by atoms with van der Waals surface area (Å²) in [5.41, 5.74) is 2.87. The number of benzene rings is 3. The minimum atomic E-state index is -0.522. The number of carbonyl (C=O) groups excluding carboxylic acids is 1. The Morgan fingerprint density at radius 1 is 1.24 bits per heavy atom. The van der Waals surface area contributed by atoms with E-state index in [4.69, 9.17) is 21.1 Å². The Labute approximate surface area is 219 Å². The summed E-state index contributed by atoms with van der Waals surface area (Å²) < 4.78 is 13.3. The van der Waals surface area contributed by atoms with E-state index in [1.165, 1.54) is 6.08 Å². The van der Waals surface area contributed by atoms with E-state index in [1.54, 1.807) is 38.3 Å². The maximum Gasteiger partial charge on any atom is 0.266 e. The number of hydrogen-bond acceptors (Lipinski definition) is 4. The topological polar surface area (TPSA) is 71.3 Å². The minimum Gasteiger partial charge on any atom is -0.493 e. The molecule has 3 aromatic carbocycles. The van der Waals surface area contributed by atoms with Crippen molar-refractivity contribution in [2.75, 3.05) is 12.4 Å². The monoisotopic (exact) mass is 636 g/mol. The van der Waals surface area contributed by atoms with E-state index in [1.807, 2.05) is 36.4 Å². The number of ether oxygens (including phenoxy) is 2. The summed E-state index contributed by atoms with van der Waals surface area (Å²) in [5.74, 6) is 0.568. The molecule has 0 heterocycles. The highest BCUT2D eigenvalue weighted by molar-refractivity contribution is 14.1. The van der Waals surface area contributed by atoms with Crippen LogP contribution in [0.1, 0.15) is 16.7 Å². The van der Waals surface area contributed by atoms with Crippen molar-refractivity contribution < 1.29 is 14.3 Å². The Kier molecular flexibility index (Phi) is 8.78. The van der Waals surface area contributed by atoms with Crippen LogP contribution >= 0.6 is 50.1 Å². The van der Waals surface area contributed by atoms with E-state index in [0.29, 0.717) is 34.4 Å². The van der Waals surface area contributed by atoms with Crippen LogP contribution in [0.5, 0.6) is 11.5 Å². The van der Waals surface area contributed by atoms with E-state index in [9.17, 15) is 10.1 Å². The first kappa shape index (κ1) is 25.1. The smallest absolute Gasteiger partial charge is 0.266 e. The van der Waals surface area contributed by atoms with Crippen molar-refractivity contribution in [3.63, 3.8) is 0 Å². The van der Waals surface area contributed by atoms with Crippen molar-refractivity contribution in [3.05, 3.63) is 89.9 Å². The average molecular weight is 638 g/mol. The summed E-state index contributed by atoms with van der Waals surface area (Å²) in [6.45, 7) is 2.15. The molecule has 1 N–H and O–H groups in total. The largest absolute Gasteiger partial charge is 0.493 e. The van der Waals surface area contributed by atoms with Gasteiger partial charge >= 0.3 is 0 Å². The number of anilines is 1. The summed E-state index contributed by atoms with van der Waals surface area (Å²) >= 11 is 11.8. The first-order valence-electron chi connectivity index (χ1n) is 9.76. The van der Waals surface area contributed by atoms with Crippen LogP contribution in [0.3, 0.4) is 0 Å². The minimum absolute atomic E-state index is 0.0471. The zero-order chi connectivity index (χ0) is 24.0. The van der Waals surface area contributed by atoms with Gasteiger partial charge in [0, 0.05) is 20.7 Å². The van der Waals surface area contributed by atoms with Gasteiger partial charge in [-0.05, 0) is 77.0 Å². The molecule has 0 aliphatic carbocycles. The lowest BCUT2D eigenvalue weighted by Crippen LogP contribution is -2.14. The van der Waals surface area contributed by atoms with Gasteiger partial charge in [-0.1, -0.05) is 51.8 Å². The molecule has 0 radical (unpaired) electrons. The summed E-state index contributed by atoms with van der Waals surface area (Å²) in [7, 11) is 1.55. The molecule has 1 amide bonds. The van der Waals surface area contributed by atoms with Crippen LogP contribution in [0.4, 0.5) is 5.69 Å². The summed E-state index contributed by atoms with van der Waals surface area (Å²) in [5, 5.41) is 12.9. The van der Waals surface area contributed by atoms with E-state index in [-0.39, 0.29) is 5.57 Å². The maximum atomic E-state index is 12.7. The van der Waals surface area contributed by atoms with Crippen molar-refractivity contribution in [1.82, 2.24) is 0 Å². The van der Waals surface area contributed by atoms with Crippen molar-refractivity contribution in [1.29, 1.82) is 5.26 Å². The molecule has 0 saturated heterocycles. The summed E-state index contributed by atoms with van der Waals surface area (Å²) in [6.07, 6.45) is 1.51. The van der Waals surface area contributed by atoms with Crippen molar-refractivity contribution >= 4 is 67.8 Å². The zero-order valence-electron chi connectivity index (χ0n) is 17.8. The molecule has 168 valence electrons. The second-order valence-corrected chi connectivity index (χ2v) is 9.37. The van der Waals surface area contributed by atoms with Gasteiger partial charge in [0.2, 0.25) is 0 Å². The number of carbonyl (C=O) groups is 1. The van der Waals surface area contributed by atoms with Crippen LogP contribution in [-0.2, 0) is 11.4 Å². The van der Waals surface area contributed by atoms with E-state index < -0.39 is 5.91 Å². The molecule has 0 spiro atoms. The number of amides is 1. The quantitative estimate of drug-likeness (QED) is 0.170. The molecule has 0 aliphatic rings. The van der Waals surface area contributed by atoms with Gasteiger partial charge in [0.25, 0.3) is 5.91 Å². The Bertz CT molecular complexity index is 1270. The van der Waals surface area contributed by atoms with Gasteiger partial charge in [-0.2, -0.15) is 5.26 Å². The number of nitrogens with one attached hydrogen (secondary N) is 1. The van der Waals surface area contributed by atoms with Gasteiger partial charge < -0.3 is 14.8 Å². The van der Waals surface area contributed by atoms with Crippen LogP contribution in [0.15, 0.2) is 64.6 Å². The molecule has 0 saturated carbocycles. The normalized spacial score (nSPS) is 11.0. The predicted octanol–water partition coefficient (Wildman–Crippen LogP) is 7.15. The lowest BCUT2D eigenvalue weighted by molar-refractivity contribution is -0.112. The third-order valence-electron chi connectivity index (χ3n) is 4.77. The SMILES string of the molecule is COc1cc(/C=C(\C#N)C(=O)Nc2cccc(Cl)c2C)cc(I)c1OCc1ccccc1Br. The van der Waals surface area contributed by atoms with Crippen LogP contribution in [0.25, 0.3) is 6.08 Å². The first-order chi connectivity index (χ1) is 15.8. The third kappa shape index (κ3) is 6.28. The molecule has 0 bridgehead atoms. The van der Waals surface area contributed by atoms with E-state index >= 15 is 0 Å². The fourth-order valence-electron chi connectivity index (χ4n) is 2.98. The fourth-order valence-corrected chi connectivity index (χ4v) is 4.33. The Balaban J connectivity index is 1.85. The number of hydrogen-bond donors (Lipinski definition) is 1. The molecule has 8 heteroatoms. The van der Waals surface area contributed by atoms with Crippen molar-refractivity contribution in [2.45, 2.75) is 13.5 Å². The molecule has 0 aromatic heterocycles. The lowest BCUT2D eigenvalue weighted by atomic mass is 10.1. The molecule has 5 nitrogen and oxygen atoms in total. The van der Waals surface area contributed by atoms with Crippen molar-refractivity contribution in [3.8, 4) is 17.6 Å². The average Bonchev–Trinajstić information content (AvgIpc) is 2.80. The number of halogens is 3. The Morgan fingerprint density at radius 3 is 2.70 bits per heavy atom. The molecular formula is C25H19BrClIN2O3. The number of rotatable bonds is 7. The second kappa shape index (κ2) is 11.5. The third-order valence-corrected chi connectivity index (χ3v) is 6.76. The van der Waals surface area contributed by atoms with Crippen LogP contribution in [0.2, 0.25) is 5.02 Å². The van der Waals surface area contributed by atoms with Gasteiger partial charge in [-0.3, -0.25) is 4.79 Å². The number of nitriles is 1. The second-order valence-electron chi connectivity index (χ2n) is 6.95. The van der Waals surface area contributed by atoms with Crippen LogP contribution in [-0.4, -0.2) is 13.0 Å². The summed E-state index contributed by atoms with van der Waals surface area (Å²) in [6, 6.07) is 18.5. The summed E-state index contributed by atoms with van der Waals surface area (Å²) in [4.78, 5) is 12.7. The first-order valence-corrected chi connectivity index (χ1v) is 12.0. The van der Waals surface area contributed by atoms with Gasteiger partial charge in [0.15, 0.2) is 11.5 Å². The molecule has 0 unspecified atom stereocenters. The highest BCUT2D eigenvalue weighted by atomic mass is 127. The molecule has 0 fully saturated rings.